The predicted molar refractivity (Wildman–Crippen MR) is 114 cm³/mol. The van der Waals surface area contributed by atoms with Crippen molar-refractivity contribution in [1.29, 1.82) is 0 Å². The molecule has 0 aromatic carbocycles. The summed E-state index contributed by atoms with van der Waals surface area (Å²) in [5.41, 5.74) is 0. The Hall–Kier alpha value is -0.850. The first-order chi connectivity index (χ1) is 12.4. The number of aliphatic imine (C=N–C) groups is 1. The van der Waals surface area contributed by atoms with Crippen LogP contribution in [-0.2, 0) is 0 Å². The highest BCUT2D eigenvalue weighted by molar-refractivity contribution is 5.79. The molecule has 0 aromatic heterocycles. The van der Waals surface area contributed by atoms with Crippen molar-refractivity contribution in [3.8, 4) is 0 Å². The Balaban J connectivity index is 2.13. The Bertz CT molecular complexity index is 374. The van der Waals surface area contributed by atoms with Gasteiger partial charge >= 0.3 is 0 Å². The first-order valence-electron chi connectivity index (χ1n) is 10.5. The summed E-state index contributed by atoms with van der Waals surface area (Å²) in [6.45, 7) is 18.2. The summed E-state index contributed by atoms with van der Waals surface area (Å²) in [5, 5.41) is 6.90. The van der Waals surface area contributed by atoms with E-state index in [0.29, 0.717) is 12.1 Å². The number of nitrogens with one attached hydrogen (secondary N) is 2. The summed E-state index contributed by atoms with van der Waals surface area (Å²) in [4.78, 5) is 11.9. The molecule has 0 spiro atoms. The molecule has 6 nitrogen and oxygen atoms in total. The van der Waals surface area contributed by atoms with Crippen molar-refractivity contribution in [1.82, 2.24) is 25.3 Å². The van der Waals surface area contributed by atoms with Gasteiger partial charge in [0.2, 0.25) is 0 Å². The van der Waals surface area contributed by atoms with Crippen molar-refractivity contribution in [2.45, 2.75) is 59.0 Å². The minimum Gasteiger partial charge on any atom is -0.356 e. The Morgan fingerprint density at radius 3 is 2.23 bits per heavy atom. The number of hydrogen-bond acceptors (Lipinski definition) is 4. The number of hydrogen-bond donors (Lipinski definition) is 2. The predicted octanol–water partition coefficient (Wildman–Crippen LogP) is 1.69. The van der Waals surface area contributed by atoms with E-state index in [4.69, 9.17) is 0 Å². The van der Waals surface area contributed by atoms with Gasteiger partial charge in [0, 0.05) is 51.9 Å². The van der Waals surface area contributed by atoms with E-state index in [2.05, 4.69) is 65.1 Å². The molecule has 1 saturated heterocycles. The molecule has 1 rings (SSSR count). The average Bonchev–Trinajstić information content (AvgIpc) is 2.80. The van der Waals surface area contributed by atoms with Gasteiger partial charge in [-0.15, -0.1) is 0 Å². The molecular weight excluding hydrogens is 324 g/mol. The summed E-state index contributed by atoms with van der Waals surface area (Å²) in [5.74, 6) is 0.932. The second kappa shape index (κ2) is 13.3. The fourth-order valence-electron chi connectivity index (χ4n) is 3.63. The minimum absolute atomic E-state index is 0.603. The molecule has 1 aliphatic heterocycles. The minimum atomic E-state index is 0.603. The zero-order valence-corrected chi connectivity index (χ0v) is 18.2. The lowest BCUT2D eigenvalue weighted by Gasteiger charge is -2.30. The lowest BCUT2D eigenvalue weighted by molar-refractivity contribution is 0.173. The van der Waals surface area contributed by atoms with Gasteiger partial charge in [0.15, 0.2) is 5.96 Å². The first-order valence-corrected chi connectivity index (χ1v) is 10.5. The Morgan fingerprint density at radius 2 is 1.62 bits per heavy atom. The van der Waals surface area contributed by atoms with Crippen molar-refractivity contribution < 1.29 is 0 Å². The van der Waals surface area contributed by atoms with Gasteiger partial charge in [-0.1, -0.05) is 0 Å². The van der Waals surface area contributed by atoms with Crippen molar-refractivity contribution in [2.75, 3.05) is 66.5 Å². The van der Waals surface area contributed by atoms with E-state index in [1.807, 2.05) is 7.05 Å². The molecule has 1 aliphatic rings. The van der Waals surface area contributed by atoms with Crippen LogP contribution in [0.4, 0.5) is 0 Å². The molecule has 6 heteroatoms. The summed E-state index contributed by atoms with van der Waals surface area (Å²) >= 11 is 0. The van der Waals surface area contributed by atoms with Crippen LogP contribution < -0.4 is 10.6 Å². The van der Waals surface area contributed by atoms with Crippen LogP contribution in [0.3, 0.4) is 0 Å². The van der Waals surface area contributed by atoms with Gasteiger partial charge in [0.25, 0.3) is 0 Å². The molecule has 1 fully saturated rings. The molecule has 2 N–H and O–H groups in total. The smallest absolute Gasteiger partial charge is 0.190 e. The number of guanidine groups is 1. The molecule has 154 valence electrons. The maximum Gasteiger partial charge on any atom is 0.190 e. The van der Waals surface area contributed by atoms with E-state index in [0.717, 1.165) is 32.0 Å². The lowest BCUT2D eigenvalue weighted by atomic mass is 10.2. The third-order valence-corrected chi connectivity index (χ3v) is 5.19. The van der Waals surface area contributed by atoms with E-state index in [1.54, 1.807) is 0 Å². The molecule has 0 atom stereocenters. The fraction of sp³-hybridized carbons (Fsp3) is 0.950. The SMILES string of the molecule is CN=C(NCCCN1CCCN(C)CC1)NCCCN(C(C)C)C(C)C. The lowest BCUT2D eigenvalue weighted by Crippen LogP contribution is -2.42. The van der Waals surface area contributed by atoms with Crippen molar-refractivity contribution in [3.05, 3.63) is 0 Å². The van der Waals surface area contributed by atoms with Crippen molar-refractivity contribution in [2.24, 2.45) is 4.99 Å². The molecule has 0 amide bonds. The van der Waals surface area contributed by atoms with Gasteiger partial charge in [0.05, 0.1) is 0 Å². The van der Waals surface area contributed by atoms with Crippen LogP contribution in [0.5, 0.6) is 0 Å². The van der Waals surface area contributed by atoms with Crippen LogP contribution in [-0.4, -0.2) is 99.2 Å². The molecular formula is C20H44N6. The standard InChI is InChI=1S/C20H44N6/c1-18(2)26(19(3)4)15-8-11-23-20(21-5)22-10-7-13-25-14-9-12-24(6)16-17-25/h18-19H,7-17H2,1-6H3,(H2,21,22,23). The maximum absolute atomic E-state index is 4.34. The molecule has 0 bridgehead atoms. The van der Waals surface area contributed by atoms with E-state index in [9.17, 15) is 0 Å². The van der Waals surface area contributed by atoms with Gasteiger partial charge < -0.3 is 20.4 Å². The quantitative estimate of drug-likeness (QED) is 0.349. The Morgan fingerprint density at radius 1 is 0.962 bits per heavy atom. The second-order valence-electron chi connectivity index (χ2n) is 8.06. The third-order valence-electron chi connectivity index (χ3n) is 5.19. The highest BCUT2D eigenvalue weighted by Gasteiger charge is 2.13. The van der Waals surface area contributed by atoms with Gasteiger partial charge in [-0.25, -0.2) is 0 Å². The van der Waals surface area contributed by atoms with Crippen molar-refractivity contribution >= 4 is 5.96 Å². The summed E-state index contributed by atoms with van der Waals surface area (Å²) in [6.07, 6.45) is 3.59. The topological polar surface area (TPSA) is 46.1 Å². The normalized spacial score (nSPS) is 18.0. The molecule has 1 heterocycles. The highest BCUT2D eigenvalue weighted by atomic mass is 15.2. The van der Waals surface area contributed by atoms with Crippen LogP contribution >= 0.6 is 0 Å². The molecule has 0 radical (unpaired) electrons. The third kappa shape index (κ3) is 9.74. The van der Waals surface area contributed by atoms with E-state index in [-0.39, 0.29) is 0 Å². The molecule has 26 heavy (non-hydrogen) atoms. The fourth-order valence-corrected chi connectivity index (χ4v) is 3.63. The van der Waals surface area contributed by atoms with Gasteiger partial charge in [-0.2, -0.15) is 0 Å². The number of nitrogens with zero attached hydrogens (tertiary/aromatic N) is 4. The summed E-state index contributed by atoms with van der Waals surface area (Å²) in [6, 6.07) is 1.21. The van der Waals surface area contributed by atoms with Crippen LogP contribution in [0.15, 0.2) is 4.99 Å². The summed E-state index contributed by atoms with van der Waals surface area (Å²) < 4.78 is 0. The van der Waals surface area contributed by atoms with Crippen LogP contribution in [0.1, 0.15) is 47.0 Å². The van der Waals surface area contributed by atoms with Crippen LogP contribution in [0.2, 0.25) is 0 Å². The van der Waals surface area contributed by atoms with Crippen LogP contribution in [0.25, 0.3) is 0 Å². The average molecular weight is 369 g/mol. The Labute approximate surface area is 162 Å². The molecule has 0 saturated carbocycles. The maximum atomic E-state index is 4.34. The second-order valence-corrected chi connectivity index (χ2v) is 8.06. The van der Waals surface area contributed by atoms with E-state index in [1.165, 1.54) is 45.6 Å². The first kappa shape index (κ1) is 23.2. The number of likely N-dealkylation sites (N-methyl/N-ethyl adjacent to an activating group) is 1. The van der Waals surface area contributed by atoms with E-state index < -0.39 is 0 Å². The van der Waals surface area contributed by atoms with Gasteiger partial charge in [-0.3, -0.25) is 9.89 Å². The zero-order chi connectivity index (χ0) is 19.4. The Kier molecular flexibility index (Phi) is 11.9. The molecule has 0 unspecified atom stereocenters. The van der Waals surface area contributed by atoms with Gasteiger partial charge in [0.1, 0.15) is 0 Å². The van der Waals surface area contributed by atoms with Crippen molar-refractivity contribution in [3.63, 3.8) is 0 Å². The summed E-state index contributed by atoms with van der Waals surface area (Å²) in [7, 11) is 4.08. The molecule has 0 aromatic rings. The largest absolute Gasteiger partial charge is 0.356 e. The van der Waals surface area contributed by atoms with Gasteiger partial charge in [-0.05, 0) is 73.6 Å². The molecule has 0 aliphatic carbocycles. The van der Waals surface area contributed by atoms with Crippen LogP contribution in [0, 0.1) is 0 Å². The number of rotatable bonds is 10. The monoisotopic (exact) mass is 368 g/mol. The zero-order valence-electron chi connectivity index (χ0n) is 18.2. The highest BCUT2D eigenvalue weighted by Crippen LogP contribution is 2.05. The van der Waals surface area contributed by atoms with E-state index >= 15 is 0 Å².